The molecule has 0 radical (unpaired) electrons. The third-order valence-electron chi connectivity index (χ3n) is 2.77. The standard InChI is InChI=1S/C14H13BrN2O3S/c1-17(8-10-4-6-12(15)21-10)13(18)11-5-3-9(7-16-11)14(19)20-2/h3-7H,8H2,1-2H3. The Morgan fingerprint density at radius 3 is 2.62 bits per heavy atom. The van der Waals surface area contributed by atoms with Crippen molar-refractivity contribution >= 4 is 39.1 Å². The molecule has 21 heavy (non-hydrogen) atoms. The summed E-state index contributed by atoms with van der Waals surface area (Å²) >= 11 is 4.97. The van der Waals surface area contributed by atoms with Crippen LogP contribution in [-0.4, -0.2) is 35.9 Å². The molecule has 0 saturated heterocycles. The Balaban J connectivity index is 2.06. The average molecular weight is 369 g/mol. The van der Waals surface area contributed by atoms with Gasteiger partial charge in [-0.15, -0.1) is 11.3 Å². The van der Waals surface area contributed by atoms with Crippen LogP contribution in [0.15, 0.2) is 34.2 Å². The van der Waals surface area contributed by atoms with E-state index >= 15 is 0 Å². The van der Waals surface area contributed by atoms with Crippen LogP contribution in [0.2, 0.25) is 0 Å². The van der Waals surface area contributed by atoms with Gasteiger partial charge in [0.05, 0.1) is 23.0 Å². The van der Waals surface area contributed by atoms with Gasteiger partial charge in [-0.1, -0.05) is 0 Å². The van der Waals surface area contributed by atoms with Crippen LogP contribution in [0.4, 0.5) is 0 Å². The number of carbonyl (C=O) groups is 2. The van der Waals surface area contributed by atoms with Crippen molar-refractivity contribution in [1.29, 1.82) is 0 Å². The lowest BCUT2D eigenvalue weighted by atomic mass is 10.2. The van der Waals surface area contributed by atoms with E-state index in [0.29, 0.717) is 17.8 Å². The highest BCUT2D eigenvalue weighted by Crippen LogP contribution is 2.23. The van der Waals surface area contributed by atoms with E-state index in [9.17, 15) is 9.59 Å². The quantitative estimate of drug-likeness (QED) is 0.778. The number of methoxy groups -OCH3 is 1. The van der Waals surface area contributed by atoms with Gasteiger partial charge < -0.3 is 9.64 Å². The molecule has 0 unspecified atom stereocenters. The fourth-order valence-corrected chi connectivity index (χ4v) is 3.23. The van der Waals surface area contributed by atoms with Crippen LogP contribution in [0.5, 0.6) is 0 Å². The van der Waals surface area contributed by atoms with Crippen LogP contribution in [0.1, 0.15) is 25.7 Å². The molecular formula is C14H13BrN2O3S. The fraction of sp³-hybridized carbons (Fsp3) is 0.214. The van der Waals surface area contributed by atoms with Gasteiger partial charge in [-0.05, 0) is 40.2 Å². The van der Waals surface area contributed by atoms with Gasteiger partial charge >= 0.3 is 5.97 Å². The van der Waals surface area contributed by atoms with E-state index in [1.54, 1.807) is 23.3 Å². The molecule has 0 spiro atoms. The van der Waals surface area contributed by atoms with Crippen molar-refractivity contribution in [3.05, 3.63) is 50.4 Å². The molecule has 1 amide bonds. The molecule has 0 saturated carbocycles. The lowest BCUT2D eigenvalue weighted by Crippen LogP contribution is -2.26. The summed E-state index contributed by atoms with van der Waals surface area (Å²) in [5, 5.41) is 0. The molecule has 0 atom stereocenters. The second kappa shape index (κ2) is 6.82. The van der Waals surface area contributed by atoms with E-state index in [1.165, 1.54) is 25.4 Å². The van der Waals surface area contributed by atoms with Crippen molar-refractivity contribution in [2.24, 2.45) is 0 Å². The zero-order valence-electron chi connectivity index (χ0n) is 11.5. The summed E-state index contributed by atoms with van der Waals surface area (Å²) in [6.45, 7) is 0.509. The number of rotatable bonds is 4. The molecule has 0 fully saturated rings. The molecule has 0 aliphatic heterocycles. The summed E-state index contributed by atoms with van der Waals surface area (Å²) in [5.74, 6) is -0.672. The van der Waals surface area contributed by atoms with Crippen LogP contribution in [-0.2, 0) is 11.3 Å². The van der Waals surface area contributed by atoms with Crippen LogP contribution >= 0.6 is 27.3 Å². The van der Waals surface area contributed by atoms with Gasteiger partial charge in [-0.25, -0.2) is 4.79 Å². The molecule has 7 heteroatoms. The van der Waals surface area contributed by atoms with Crippen molar-refractivity contribution in [3.63, 3.8) is 0 Å². The second-order valence-corrected chi connectivity index (χ2v) is 6.84. The first-order valence-electron chi connectivity index (χ1n) is 6.05. The molecule has 0 aliphatic rings. The van der Waals surface area contributed by atoms with Crippen molar-refractivity contribution in [3.8, 4) is 0 Å². The summed E-state index contributed by atoms with van der Waals surface area (Å²) in [7, 11) is 3.01. The maximum atomic E-state index is 12.2. The third kappa shape index (κ3) is 3.89. The molecule has 2 aromatic rings. The highest BCUT2D eigenvalue weighted by molar-refractivity contribution is 9.11. The third-order valence-corrected chi connectivity index (χ3v) is 4.38. The summed E-state index contributed by atoms with van der Waals surface area (Å²) < 4.78 is 5.61. The number of amides is 1. The Kier molecular flexibility index (Phi) is 5.08. The normalized spacial score (nSPS) is 10.2. The highest BCUT2D eigenvalue weighted by Gasteiger charge is 2.15. The van der Waals surface area contributed by atoms with Crippen LogP contribution in [0, 0.1) is 0 Å². The van der Waals surface area contributed by atoms with Crippen molar-refractivity contribution in [2.75, 3.05) is 14.2 Å². The number of pyridine rings is 1. The highest BCUT2D eigenvalue weighted by atomic mass is 79.9. The zero-order valence-corrected chi connectivity index (χ0v) is 13.9. The Morgan fingerprint density at radius 2 is 2.10 bits per heavy atom. The molecule has 110 valence electrons. The lowest BCUT2D eigenvalue weighted by Gasteiger charge is -2.15. The predicted octanol–water partition coefficient (Wildman–Crippen LogP) is 2.96. The van der Waals surface area contributed by atoms with Gasteiger partial charge in [0.2, 0.25) is 0 Å². The summed E-state index contributed by atoms with van der Waals surface area (Å²) in [4.78, 5) is 30.2. The Bertz CT molecular complexity index is 654. The van der Waals surface area contributed by atoms with E-state index in [2.05, 4.69) is 25.7 Å². The number of hydrogen-bond donors (Lipinski definition) is 0. The van der Waals surface area contributed by atoms with E-state index in [4.69, 9.17) is 0 Å². The van der Waals surface area contributed by atoms with E-state index in [1.807, 2.05) is 12.1 Å². The van der Waals surface area contributed by atoms with Gasteiger partial charge in [0, 0.05) is 18.1 Å². The van der Waals surface area contributed by atoms with Crippen molar-refractivity contribution in [2.45, 2.75) is 6.54 Å². The number of thiophene rings is 1. The summed E-state index contributed by atoms with van der Waals surface area (Å²) in [5.41, 5.74) is 0.611. The maximum absolute atomic E-state index is 12.2. The number of aromatic nitrogens is 1. The second-order valence-electron chi connectivity index (χ2n) is 4.29. The minimum Gasteiger partial charge on any atom is -0.465 e. The molecule has 0 aliphatic carbocycles. The number of hydrogen-bond acceptors (Lipinski definition) is 5. The molecule has 0 N–H and O–H groups in total. The van der Waals surface area contributed by atoms with Crippen molar-refractivity contribution in [1.82, 2.24) is 9.88 Å². The van der Waals surface area contributed by atoms with Crippen molar-refractivity contribution < 1.29 is 14.3 Å². The number of carbonyl (C=O) groups excluding carboxylic acids is 2. The molecule has 0 aromatic carbocycles. The molecular weight excluding hydrogens is 356 g/mol. The smallest absolute Gasteiger partial charge is 0.339 e. The number of esters is 1. The minimum absolute atomic E-state index is 0.198. The SMILES string of the molecule is COC(=O)c1ccc(C(=O)N(C)Cc2ccc(Br)s2)nc1. The van der Waals surface area contributed by atoms with Gasteiger partial charge in [-0.3, -0.25) is 9.78 Å². The average Bonchev–Trinajstić information content (AvgIpc) is 2.90. The summed E-state index contributed by atoms with van der Waals surface area (Å²) in [6, 6.07) is 6.96. The molecule has 2 aromatic heterocycles. The predicted molar refractivity (Wildman–Crippen MR) is 83.4 cm³/mol. The van der Waals surface area contributed by atoms with Crippen LogP contribution in [0.25, 0.3) is 0 Å². The van der Waals surface area contributed by atoms with Gasteiger partial charge in [-0.2, -0.15) is 0 Å². The van der Waals surface area contributed by atoms with E-state index < -0.39 is 5.97 Å². The first-order chi connectivity index (χ1) is 10.0. The Labute approximate surface area is 134 Å². The monoisotopic (exact) mass is 368 g/mol. The largest absolute Gasteiger partial charge is 0.465 e. The Morgan fingerprint density at radius 1 is 1.33 bits per heavy atom. The molecule has 0 bridgehead atoms. The van der Waals surface area contributed by atoms with E-state index in [0.717, 1.165) is 8.66 Å². The summed E-state index contributed by atoms with van der Waals surface area (Å²) in [6.07, 6.45) is 1.34. The minimum atomic E-state index is -0.474. The Hall–Kier alpha value is -1.73. The van der Waals surface area contributed by atoms with Gasteiger partial charge in [0.1, 0.15) is 5.69 Å². The maximum Gasteiger partial charge on any atom is 0.339 e. The van der Waals surface area contributed by atoms with Gasteiger partial charge in [0.15, 0.2) is 0 Å². The topological polar surface area (TPSA) is 59.5 Å². The number of nitrogens with zero attached hydrogens (tertiary/aromatic N) is 2. The lowest BCUT2D eigenvalue weighted by molar-refractivity contribution is 0.0599. The first kappa shape index (κ1) is 15.7. The van der Waals surface area contributed by atoms with Crippen LogP contribution in [0.3, 0.4) is 0 Å². The molecule has 5 nitrogen and oxygen atoms in total. The zero-order chi connectivity index (χ0) is 15.4. The van der Waals surface area contributed by atoms with Gasteiger partial charge in [0.25, 0.3) is 5.91 Å². The van der Waals surface area contributed by atoms with E-state index in [-0.39, 0.29) is 5.91 Å². The van der Waals surface area contributed by atoms with Crippen LogP contribution < -0.4 is 0 Å². The first-order valence-corrected chi connectivity index (χ1v) is 7.66. The number of ether oxygens (including phenoxy) is 1. The molecule has 2 heterocycles. The fourth-order valence-electron chi connectivity index (χ4n) is 1.70. The number of halogens is 1. The molecule has 2 rings (SSSR count).